The van der Waals surface area contributed by atoms with Crippen LogP contribution in [0.15, 0.2) is 18.2 Å². The Bertz CT molecular complexity index is 391. The van der Waals surface area contributed by atoms with Crippen LogP contribution < -0.4 is 15.0 Å². The number of ether oxygens (including phenoxy) is 3. The predicted octanol–water partition coefficient (Wildman–Crippen LogP) is 2.35. The zero-order chi connectivity index (χ0) is 14.8. The molecule has 114 valence electrons. The standard InChI is InChI=1S/C13H19F2NO4/c1-3-18-12-8-10(9-16-19-7-6-17-2)4-5-11(12)20-13(14)15/h4-5,8,13,16H,3,6-7,9H2,1-2H3. The second-order valence-corrected chi connectivity index (χ2v) is 3.75. The number of hydroxylamine groups is 1. The first-order chi connectivity index (χ1) is 9.67. The van der Waals surface area contributed by atoms with Gasteiger partial charge >= 0.3 is 6.61 Å². The zero-order valence-electron chi connectivity index (χ0n) is 11.5. The Morgan fingerprint density at radius 1 is 1.20 bits per heavy atom. The molecule has 0 saturated heterocycles. The van der Waals surface area contributed by atoms with Gasteiger partial charge in [0.1, 0.15) is 0 Å². The van der Waals surface area contributed by atoms with Gasteiger partial charge in [0.25, 0.3) is 0 Å². The van der Waals surface area contributed by atoms with E-state index in [2.05, 4.69) is 10.2 Å². The van der Waals surface area contributed by atoms with Crippen LogP contribution in [0.2, 0.25) is 0 Å². The van der Waals surface area contributed by atoms with Crippen LogP contribution in [0.5, 0.6) is 11.5 Å². The molecule has 0 heterocycles. The molecule has 1 aromatic rings. The zero-order valence-corrected chi connectivity index (χ0v) is 11.5. The molecule has 1 rings (SSSR count). The van der Waals surface area contributed by atoms with E-state index in [0.29, 0.717) is 26.4 Å². The van der Waals surface area contributed by atoms with Gasteiger partial charge in [0.2, 0.25) is 0 Å². The van der Waals surface area contributed by atoms with Crippen molar-refractivity contribution in [2.75, 3.05) is 26.9 Å². The summed E-state index contributed by atoms with van der Waals surface area (Å²) in [6, 6.07) is 4.74. The van der Waals surface area contributed by atoms with Gasteiger partial charge in [-0.15, -0.1) is 0 Å². The van der Waals surface area contributed by atoms with E-state index in [0.717, 1.165) is 5.56 Å². The Labute approximate surface area is 116 Å². The van der Waals surface area contributed by atoms with Gasteiger partial charge in [-0.1, -0.05) is 6.07 Å². The van der Waals surface area contributed by atoms with E-state index < -0.39 is 6.61 Å². The molecule has 0 aliphatic carbocycles. The molecule has 0 radical (unpaired) electrons. The Hall–Kier alpha value is -1.44. The van der Waals surface area contributed by atoms with Crippen molar-refractivity contribution in [1.29, 1.82) is 0 Å². The van der Waals surface area contributed by atoms with Crippen LogP contribution in [0.3, 0.4) is 0 Å². The van der Waals surface area contributed by atoms with Crippen molar-refractivity contribution in [3.63, 3.8) is 0 Å². The fourth-order valence-electron chi connectivity index (χ4n) is 1.46. The highest BCUT2D eigenvalue weighted by atomic mass is 19.3. The maximum atomic E-state index is 12.2. The molecule has 7 heteroatoms. The number of benzene rings is 1. The molecule has 0 unspecified atom stereocenters. The highest BCUT2D eigenvalue weighted by molar-refractivity contribution is 5.43. The maximum Gasteiger partial charge on any atom is 0.387 e. The molecule has 0 aliphatic rings. The summed E-state index contributed by atoms with van der Waals surface area (Å²) < 4.78 is 39.0. The van der Waals surface area contributed by atoms with Crippen molar-refractivity contribution in [3.8, 4) is 11.5 Å². The summed E-state index contributed by atoms with van der Waals surface area (Å²) in [5.41, 5.74) is 3.57. The summed E-state index contributed by atoms with van der Waals surface area (Å²) in [6.45, 7) is 0.570. The van der Waals surface area contributed by atoms with Crippen LogP contribution in [0.4, 0.5) is 8.78 Å². The average molecular weight is 291 g/mol. The molecule has 0 aromatic heterocycles. The summed E-state index contributed by atoms with van der Waals surface area (Å²) in [5.74, 6) is 0.301. The summed E-state index contributed by atoms with van der Waals surface area (Å²) in [5, 5.41) is 0. The molecule has 1 aromatic carbocycles. The average Bonchev–Trinajstić information content (AvgIpc) is 2.41. The van der Waals surface area contributed by atoms with E-state index in [-0.39, 0.29) is 11.5 Å². The first kappa shape index (κ1) is 16.6. The van der Waals surface area contributed by atoms with Gasteiger partial charge in [0.05, 0.1) is 19.8 Å². The molecule has 0 spiro atoms. The van der Waals surface area contributed by atoms with Crippen LogP contribution >= 0.6 is 0 Å². The van der Waals surface area contributed by atoms with E-state index in [1.54, 1.807) is 26.2 Å². The largest absolute Gasteiger partial charge is 0.490 e. The lowest BCUT2D eigenvalue weighted by atomic mass is 10.2. The van der Waals surface area contributed by atoms with Gasteiger partial charge in [0.15, 0.2) is 11.5 Å². The third-order valence-corrected chi connectivity index (χ3v) is 2.29. The Balaban J connectivity index is 2.57. The van der Waals surface area contributed by atoms with E-state index in [1.165, 1.54) is 6.07 Å². The summed E-state index contributed by atoms with van der Waals surface area (Å²) in [4.78, 5) is 5.11. The SMILES string of the molecule is CCOc1cc(CNOCCOC)ccc1OC(F)F. The van der Waals surface area contributed by atoms with Crippen molar-refractivity contribution in [1.82, 2.24) is 5.48 Å². The van der Waals surface area contributed by atoms with Gasteiger partial charge in [-0.05, 0) is 24.6 Å². The Morgan fingerprint density at radius 3 is 2.65 bits per heavy atom. The van der Waals surface area contributed by atoms with Crippen molar-refractivity contribution >= 4 is 0 Å². The van der Waals surface area contributed by atoms with Gasteiger partial charge in [0, 0.05) is 13.7 Å². The topological polar surface area (TPSA) is 49.0 Å². The number of rotatable bonds is 10. The van der Waals surface area contributed by atoms with Crippen LogP contribution in [0.1, 0.15) is 12.5 Å². The number of alkyl halides is 2. The molecule has 0 amide bonds. The molecular formula is C13H19F2NO4. The van der Waals surface area contributed by atoms with E-state index >= 15 is 0 Å². The second-order valence-electron chi connectivity index (χ2n) is 3.75. The van der Waals surface area contributed by atoms with Crippen molar-refractivity contribution in [3.05, 3.63) is 23.8 Å². The molecule has 0 bridgehead atoms. The fraction of sp³-hybridized carbons (Fsp3) is 0.538. The van der Waals surface area contributed by atoms with Gasteiger partial charge in [-0.25, -0.2) is 0 Å². The molecule has 0 atom stereocenters. The van der Waals surface area contributed by atoms with Crippen molar-refractivity contribution in [2.24, 2.45) is 0 Å². The molecular weight excluding hydrogens is 272 g/mol. The molecule has 0 fully saturated rings. The lowest BCUT2D eigenvalue weighted by molar-refractivity contribution is -0.0514. The van der Waals surface area contributed by atoms with Gasteiger partial charge in [-0.2, -0.15) is 14.3 Å². The number of halogens is 2. The highest BCUT2D eigenvalue weighted by Crippen LogP contribution is 2.29. The fourth-order valence-corrected chi connectivity index (χ4v) is 1.46. The molecule has 20 heavy (non-hydrogen) atoms. The van der Waals surface area contributed by atoms with Gasteiger partial charge < -0.3 is 14.2 Å². The lowest BCUT2D eigenvalue weighted by Crippen LogP contribution is -2.17. The minimum Gasteiger partial charge on any atom is -0.490 e. The minimum absolute atomic E-state index is 0.0194. The molecule has 0 aliphatic heterocycles. The number of nitrogens with one attached hydrogen (secondary N) is 1. The minimum atomic E-state index is -2.88. The van der Waals surface area contributed by atoms with Crippen molar-refractivity contribution < 1.29 is 27.8 Å². The Kier molecular flexibility index (Phi) is 7.86. The summed E-state index contributed by atoms with van der Waals surface area (Å²) >= 11 is 0. The predicted molar refractivity (Wildman–Crippen MR) is 68.9 cm³/mol. The van der Waals surface area contributed by atoms with Gasteiger partial charge in [-0.3, -0.25) is 4.84 Å². The first-order valence-corrected chi connectivity index (χ1v) is 6.21. The third kappa shape index (κ3) is 6.14. The summed E-state index contributed by atoms with van der Waals surface area (Å²) in [7, 11) is 1.58. The maximum absolute atomic E-state index is 12.2. The Morgan fingerprint density at radius 2 is 2.00 bits per heavy atom. The van der Waals surface area contributed by atoms with Crippen molar-refractivity contribution in [2.45, 2.75) is 20.1 Å². The third-order valence-electron chi connectivity index (χ3n) is 2.29. The van der Waals surface area contributed by atoms with Crippen LogP contribution in [0.25, 0.3) is 0 Å². The second kappa shape index (κ2) is 9.46. The molecule has 5 nitrogen and oxygen atoms in total. The molecule has 1 N–H and O–H groups in total. The van der Waals surface area contributed by atoms with E-state index in [4.69, 9.17) is 14.3 Å². The quantitative estimate of drug-likeness (QED) is 0.530. The normalized spacial score (nSPS) is 10.8. The first-order valence-electron chi connectivity index (χ1n) is 6.21. The monoisotopic (exact) mass is 291 g/mol. The highest BCUT2D eigenvalue weighted by Gasteiger charge is 2.11. The van der Waals surface area contributed by atoms with Crippen LogP contribution in [-0.2, 0) is 16.1 Å². The lowest BCUT2D eigenvalue weighted by Gasteiger charge is -2.13. The van der Waals surface area contributed by atoms with Crippen LogP contribution in [0, 0.1) is 0 Å². The van der Waals surface area contributed by atoms with E-state index in [9.17, 15) is 8.78 Å². The van der Waals surface area contributed by atoms with E-state index in [1.807, 2.05) is 0 Å². The number of methoxy groups -OCH3 is 1. The number of hydrogen-bond donors (Lipinski definition) is 1. The summed E-state index contributed by atoms with van der Waals surface area (Å²) in [6.07, 6.45) is 0. The van der Waals surface area contributed by atoms with Crippen LogP contribution in [-0.4, -0.2) is 33.5 Å². The molecule has 0 saturated carbocycles. The number of hydrogen-bond acceptors (Lipinski definition) is 5. The smallest absolute Gasteiger partial charge is 0.387 e.